The van der Waals surface area contributed by atoms with Crippen molar-refractivity contribution in [1.29, 1.82) is 0 Å². The molecule has 3 nitrogen and oxygen atoms in total. The van der Waals surface area contributed by atoms with Crippen LogP contribution in [0.5, 0.6) is 0 Å². The number of nitrogens with zero attached hydrogens (tertiary/aromatic N) is 1. The van der Waals surface area contributed by atoms with Crippen LogP contribution < -0.4 is 0 Å². The second kappa shape index (κ2) is 5.61. The van der Waals surface area contributed by atoms with E-state index in [0.29, 0.717) is 6.54 Å². The Bertz CT molecular complexity index is 400. The van der Waals surface area contributed by atoms with E-state index in [4.69, 9.17) is 4.74 Å². The van der Waals surface area contributed by atoms with E-state index in [1.54, 1.807) is 0 Å². The molecule has 3 rings (SSSR count). The standard InChI is InChI=1S/C16H23NO2/c18-17(13-14-7-3-1-4-8-14)15-16(11-12-19-15)9-5-2-6-10-16/h1,3-4,7-8,15,18H,2,5-6,9-13H2. The van der Waals surface area contributed by atoms with Gasteiger partial charge in [0.1, 0.15) is 6.23 Å². The molecule has 19 heavy (non-hydrogen) atoms. The molecule has 1 N–H and O–H groups in total. The molecule has 2 aliphatic rings. The summed E-state index contributed by atoms with van der Waals surface area (Å²) in [5.41, 5.74) is 1.33. The molecule has 1 atom stereocenters. The molecule has 1 saturated carbocycles. The Morgan fingerprint density at radius 2 is 1.84 bits per heavy atom. The molecule has 1 aromatic carbocycles. The summed E-state index contributed by atoms with van der Waals surface area (Å²) in [6, 6.07) is 10.1. The zero-order valence-electron chi connectivity index (χ0n) is 11.4. The van der Waals surface area contributed by atoms with Crippen LogP contribution in [0.3, 0.4) is 0 Å². The predicted octanol–water partition coefficient (Wildman–Crippen LogP) is 3.57. The van der Waals surface area contributed by atoms with Crippen molar-refractivity contribution in [1.82, 2.24) is 5.06 Å². The van der Waals surface area contributed by atoms with Crippen molar-refractivity contribution in [2.24, 2.45) is 5.41 Å². The van der Waals surface area contributed by atoms with Gasteiger partial charge in [-0.25, -0.2) is 0 Å². The van der Waals surface area contributed by atoms with Gasteiger partial charge in [-0.1, -0.05) is 49.6 Å². The van der Waals surface area contributed by atoms with Crippen LogP contribution in [0.15, 0.2) is 30.3 Å². The van der Waals surface area contributed by atoms with Gasteiger partial charge in [0, 0.05) is 12.0 Å². The van der Waals surface area contributed by atoms with Gasteiger partial charge in [-0.05, 0) is 24.8 Å². The third kappa shape index (κ3) is 2.69. The van der Waals surface area contributed by atoms with Crippen molar-refractivity contribution in [3.8, 4) is 0 Å². The van der Waals surface area contributed by atoms with E-state index in [2.05, 4.69) is 0 Å². The third-order valence-corrected chi connectivity index (χ3v) is 4.71. The topological polar surface area (TPSA) is 32.7 Å². The number of hydroxylamine groups is 2. The zero-order valence-corrected chi connectivity index (χ0v) is 11.4. The molecule has 3 heteroatoms. The number of ether oxygens (including phenoxy) is 1. The van der Waals surface area contributed by atoms with E-state index in [1.165, 1.54) is 37.2 Å². The molecule has 0 aromatic heterocycles. The molecule has 1 saturated heterocycles. The maximum absolute atomic E-state index is 10.4. The summed E-state index contributed by atoms with van der Waals surface area (Å²) in [6.45, 7) is 1.34. The summed E-state index contributed by atoms with van der Waals surface area (Å²) in [7, 11) is 0. The summed E-state index contributed by atoms with van der Waals surface area (Å²) in [5, 5.41) is 11.9. The quantitative estimate of drug-likeness (QED) is 0.844. The van der Waals surface area contributed by atoms with E-state index >= 15 is 0 Å². The average Bonchev–Trinajstić information content (AvgIpc) is 2.84. The lowest BCUT2D eigenvalue weighted by atomic mass is 9.71. The van der Waals surface area contributed by atoms with Crippen molar-refractivity contribution in [2.75, 3.05) is 6.61 Å². The highest BCUT2D eigenvalue weighted by molar-refractivity contribution is 5.14. The molecule has 1 spiro atoms. The van der Waals surface area contributed by atoms with E-state index < -0.39 is 0 Å². The second-order valence-electron chi connectivity index (χ2n) is 5.98. The summed E-state index contributed by atoms with van der Waals surface area (Å²) >= 11 is 0. The first-order valence-corrected chi connectivity index (χ1v) is 7.41. The van der Waals surface area contributed by atoms with E-state index in [9.17, 15) is 5.21 Å². The fourth-order valence-electron chi connectivity index (χ4n) is 3.68. The highest BCUT2D eigenvalue weighted by Gasteiger charge is 2.47. The Balaban J connectivity index is 1.70. The number of benzene rings is 1. The smallest absolute Gasteiger partial charge is 0.138 e. The Labute approximate surface area is 115 Å². The third-order valence-electron chi connectivity index (χ3n) is 4.71. The van der Waals surface area contributed by atoms with Gasteiger partial charge >= 0.3 is 0 Å². The lowest BCUT2D eigenvalue weighted by Crippen LogP contribution is -2.44. The van der Waals surface area contributed by atoms with Crippen molar-refractivity contribution >= 4 is 0 Å². The first-order valence-electron chi connectivity index (χ1n) is 7.41. The molecule has 1 aromatic rings. The fourth-order valence-corrected chi connectivity index (χ4v) is 3.68. The molecule has 1 aliphatic carbocycles. The summed E-state index contributed by atoms with van der Waals surface area (Å²) in [5.74, 6) is 0. The first kappa shape index (κ1) is 13.1. The van der Waals surface area contributed by atoms with Crippen LogP contribution in [0.1, 0.15) is 44.1 Å². The van der Waals surface area contributed by atoms with Gasteiger partial charge < -0.3 is 9.94 Å². The summed E-state index contributed by atoms with van der Waals surface area (Å²) < 4.78 is 5.86. The maximum atomic E-state index is 10.4. The van der Waals surface area contributed by atoms with Crippen LogP contribution >= 0.6 is 0 Å². The molecule has 104 valence electrons. The van der Waals surface area contributed by atoms with Crippen LogP contribution in [0.2, 0.25) is 0 Å². The average molecular weight is 261 g/mol. The minimum absolute atomic E-state index is 0.118. The van der Waals surface area contributed by atoms with Crippen molar-refractivity contribution < 1.29 is 9.94 Å². The number of hydrogen-bond donors (Lipinski definition) is 1. The largest absolute Gasteiger partial charge is 0.360 e. The van der Waals surface area contributed by atoms with Crippen molar-refractivity contribution in [3.63, 3.8) is 0 Å². The monoisotopic (exact) mass is 261 g/mol. The van der Waals surface area contributed by atoms with E-state index in [-0.39, 0.29) is 11.6 Å². The van der Waals surface area contributed by atoms with Gasteiger partial charge in [0.05, 0.1) is 6.54 Å². The second-order valence-corrected chi connectivity index (χ2v) is 5.98. The van der Waals surface area contributed by atoms with Crippen molar-refractivity contribution in [2.45, 2.75) is 51.3 Å². The molecule has 0 amide bonds. The highest BCUT2D eigenvalue weighted by Crippen LogP contribution is 2.48. The maximum Gasteiger partial charge on any atom is 0.138 e. The SMILES string of the molecule is ON(Cc1ccccc1)C1OCCC12CCCCC2. The van der Waals surface area contributed by atoms with Crippen LogP contribution in [0.25, 0.3) is 0 Å². The van der Waals surface area contributed by atoms with Gasteiger partial charge in [-0.3, -0.25) is 0 Å². The fraction of sp³-hybridized carbons (Fsp3) is 0.625. The van der Waals surface area contributed by atoms with Gasteiger partial charge in [0.25, 0.3) is 0 Å². The van der Waals surface area contributed by atoms with Crippen LogP contribution in [-0.4, -0.2) is 23.1 Å². The Morgan fingerprint density at radius 1 is 1.11 bits per heavy atom. The summed E-state index contributed by atoms with van der Waals surface area (Å²) in [6.07, 6.45) is 7.26. The molecule has 0 radical (unpaired) electrons. The van der Waals surface area contributed by atoms with Crippen LogP contribution in [-0.2, 0) is 11.3 Å². The Hall–Kier alpha value is -0.900. The molecular formula is C16H23NO2. The normalized spacial score (nSPS) is 26.1. The number of rotatable bonds is 3. The molecule has 1 aliphatic heterocycles. The minimum atomic E-state index is -0.118. The van der Waals surface area contributed by atoms with E-state index in [1.807, 2.05) is 30.3 Å². The van der Waals surface area contributed by atoms with E-state index in [0.717, 1.165) is 18.6 Å². The summed E-state index contributed by atoms with van der Waals surface area (Å²) in [4.78, 5) is 0. The van der Waals surface area contributed by atoms with Crippen molar-refractivity contribution in [3.05, 3.63) is 35.9 Å². The molecule has 1 unspecified atom stereocenters. The molecule has 1 heterocycles. The van der Waals surface area contributed by atoms with Gasteiger partial charge in [0.15, 0.2) is 0 Å². The Morgan fingerprint density at radius 3 is 2.58 bits per heavy atom. The zero-order chi connectivity index (χ0) is 13.1. The van der Waals surface area contributed by atoms with Gasteiger partial charge in [0.2, 0.25) is 0 Å². The molecule has 0 bridgehead atoms. The highest BCUT2D eigenvalue weighted by atomic mass is 16.6. The molecule has 2 fully saturated rings. The van der Waals surface area contributed by atoms with Gasteiger partial charge in [-0.2, -0.15) is 5.06 Å². The van der Waals surface area contributed by atoms with Crippen LogP contribution in [0.4, 0.5) is 0 Å². The van der Waals surface area contributed by atoms with Crippen LogP contribution in [0, 0.1) is 5.41 Å². The molecular weight excluding hydrogens is 238 g/mol. The lowest BCUT2D eigenvalue weighted by molar-refractivity contribution is -0.239. The lowest BCUT2D eigenvalue weighted by Gasteiger charge is -2.40. The number of hydrogen-bond acceptors (Lipinski definition) is 3. The first-order chi connectivity index (χ1) is 9.30. The van der Waals surface area contributed by atoms with Gasteiger partial charge in [-0.15, -0.1) is 0 Å². The minimum Gasteiger partial charge on any atom is -0.360 e. The predicted molar refractivity (Wildman–Crippen MR) is 73.6 cm³/mol. The Kier molecular flexibility index (Phi) is 3.87.